The lowest BCUT2D eigenvalue weighted by Crippen LogP contribution is -2.48. The summed E-state index contributed by atoms with van der Waals surface area (Å²) in [6.07, 6.45) is 1.02. The van der Waals surface area contributed by atoms with Crippen molar-refractivity contribution in [3.63, 3.8) is 0 Å². The molecule has 3 rings (SSSR count). The summed E-state index contributed by atoms with van der Waals surface area (Å²) in [5, 5.41) is 0. The highest BCUT2D eigenvalue weighted by molar-refractivity contribution is 5.81. The van der Waals surface area contributed by atoms with Crippen LogP contribution in [0.4, 0.5) is 13.2 Å². The first-order valence-corrected chi connectivity index (χ1v) is 10.3. The van der Waals surface area contributed by atoms with Crippen LogP contribution in [-0.2, 0) is 22.2 Å². The smallest absolute Gasteiger partial charge is 0.342 e. The Morgan fingerprint density at radius 3 is 2.45 bits per heavy atom. The molecule has 2 atom stereocenters. The number of ketones is 1. The van der Waals surface area contributed by atoms with Crippen molar-refractivity contribution in [1.82, 2.24) is 9.88 Å². The zero-order valence-corrected chi connectivity index (χ0v) is 16.5. The van der Waals surface area contributed by atoms with Crippen LogP contribution >= 0.6 is 0 Å². The van der Waals surface area contributed by atoms with Crippen molar-refractivity contribution in [3.05, 3.63) is 29.6 Å². The minimum Gasteiger partial charge on any atom is -0.342 e. The van der Waals surface area contributed by atoms with Gasteiger partial charge in [0.05, 0.1) is 5.92 Å². The summed E-state index contributed by atoms with van der Waals surface area (Å²) >= 11 is 0. The number of amides is 1. The van der Waals surface area contributed by atoms with Gasteiger partial charge in [-0.2, -0.15) is 13.2 Å². The van der Waals surface area contributed by atoms with E-state index in [1.165, 1.54) is 12.1 Å². The summed E-state index contributed by atoms with van der Waals surface area (Å²) in [4.78, 5) is 30.5. The quantitative estimate of drug-likeness (QED) is 0.806. The number of pyridine rings is 1. The Hall–Kier alpha value is -1.96. The molecule has 0 radical (unpaired) electrons. The van der Waals surface area contributed by atoms with E-state index in [2.05, 4.69) is 4.98 Å². The van der Waals surface area contributed by atoms with Crippen LogP contribution in [0.1, 0.15) is 56.3 Å². The average Bonchev–Trinajstić information content (AvgIpc) is 2.68. The van der Waals surface area contributed by atoms with E-state index in [4.69, 9.17) is 5.73 Å². The Morgan fingerprint density at radius 2 is 1.79 bits per heavy atom. The van der Waals surface area contributed by atoms with Crippen LogP contribution in [-0.4, -0.2) is 40.7 Å². The average molecular weight is 411 g/mol. The van der Waals surface area contributed by atoms with Crippen LogP contribution in [0.2, 0.25) is 0 Å². The van der Waals surface area contributed by atoms with Crippen molar-refractivity contribution < 1.29 is 22.8 Å². The summed E-state index contributed by atoms with van der Waals surface area (Å²) in [6, 6.07) is 3.56. The van der Waals surface area contributed by atoms with E-state index >= 15 is 0 Å². The first kappa shape index (κ1) is 21.7. The molecule has 1 saturated carbocycles. The minimum atomic E-state index is -4.51. The molecule has 1 amide bonds. The Kier molecular flexibility index (Phi) is 6.93. The summed E-state index contributed by atoms with van der Waals surface area (Å²) < 4.78 is 38.3. The number of carbonyl (C=O) groups is 2. The molecule has 0 aromatic carbocycles. The molecule has 1 aromatic heterocycles. The van der Waals surface area contributed by atoms with Gasteiger partial charge in [0.2, 0.25) is 5.91 Å². The Morgan fingerprint density at radius 1 is 1.10 bits per heavy atom. The van der Waals surface area contributed by atoms with Crippen LogP contribution in [0.5, 0.6) is 0 Å². The fourth-order valence-corrected chi connectivity index (χ4v) is 4.39. The molecule has 2 fully saturated rings. The second-order valence-corrected chi connectivity index (χ2v) is 8.25. The van der Waals surface area contributed by atoms with E-state index in [0.717, 1.165) is 44.6 Å². The first-order chi connectivity index (χ1) is 13.7. The van der Waals surface area contributed by atoms with E-state index in [1.807, 2.05) is 4.90 Å². The van der Waals surface area contributed by atoms with Crippen LogP contribution in [0.15, 0.2) is 18.2 Å². The highest BCUT2D eigenvalue weighted by Gasteiger charge is 2.34. The number of hydrogen-bond acceptors (Lipinski definition) is 4. The van der Waals surface area contributed by atoms with Gasteiger partial charge in [0.15, 0.2) is 0 Å². The standard InChI is InChI=1S/C21H28F3N3O2/c22-21(23,24)19-7-3-4-15(26-19)13-16(28)12-14-8-10-27(11-9-14)20(29)17-5-1-2-6-18(17)25/h3-4,7,14,17-18H,1-2,5-6,8-13,25H2/t17-,18-/m0/s1. The molecule has 2 heterocycles. The second kappa shape index (κ2) is 9.24. The number of aromatic nitrogens is 1. The third-order valence-electron chi connectivity index (χ3n) is 6.05. The van der Waals surface area contributed by atoms with Crippen molar-refractivity contribution in [2.45, 2.75) is 63.6 Å². The summed E-state index contributed by atoms with van der Waals surface area (Å²) in [5.41, 5.74) is 5.29. The largest absolute Gasteiger partial charge is 0.433 e. The molecule has 0 bridgehead atoms. The van der Waals surface area contributed by atoms with E-state index in [9.17, 15) is 22.8 Å². The zero-order chi connectivity index (χ0) is 21.0. The van der Waals surface area contributed by atoms with Crippen LogP contribution < -0.4 is 5.73 Å². The fraction of sp³-hybridized carbons (Fsp3) is 0.667. The van der Waals surface area contributed by atoms with Gasteiger partial charge >= 0.3 is 6.18 Å². The Balaban J connectivity index is 1.47. The predicted octanol–water partition coefficient (Wildman–Crippen LogP) is 3.36. The van der Waals surface area contributed by atoms with Crippen molar-refractivity contribution in [2.75, 3.05) is 13.1 Å². The summed E-state index contributed by atoms with van der Waals surface area (Å²) in [6.45, 7) is 1.23. The van der Waals surface area contributed by atoms with Gasteiger partial charge in [-0.1, -0.05) is 18.9 Å². The molecular formula is C21H28F3N3O2. The molecule has 0 spiro atoms. The number of piperidine rings is 1. The maximum Gasteiger partial charge on any atom is 0.433 e. The van der Waals surface area contributed by atoms with E-state index in [-0.39, 0.29) is 41.7 Å². The maximum atomic E-state index is 12.8. The number of alkyl halides is 3. The summed E-state index contributed by atoms with van der Waals surface area (Å²) in [7, 11) is 0. The number of carbonyl (C=O) groups excluding carboxylic acids is 2. The highest BCUT2D eigenvalue weighted by Crippen LogP contribution is 2.29. The third-order valence-corrected chi connectivity index (χ3v) is 6.05. The van der Waals surface area contributed by atoms with E-state index < -0.39 is 11.9 Å². The van der Waals surface area contributed by atoms with Gasteiger partial charge in [0.1, 0.15) is 11.5 Å². The van der Waals surface area contributed by atoms with Gasteiger partial charge in [-0.15, -0.1) is 0 Å². The maximum absolute atomic E-state index is 12.8. The number of Topliss-reactive ketones (excluding diaryl/α,β-unsaturated/α-hetero) is 1. The number of halogens is 3. The summed E-state index contributed by atoms with van der Waals surface area (Å²) in [5.74, 6) is 0.0809. The number of rotatable bonds is 5. The molecule has 1 aromatic rings. The van der Waals surface area contributed by atoms with Crippen molar-refractivity contribution in [2.24, 2.45) is 17.6 Å². The molecular weight excluding hydrogens is 383 g/mol. The number of nitrogens with zero attached hydrogens (tertiary/aromatic N) is 2. The number of hydrogen-bond donors (Lipinski definition) is 1. The lowest BCUT2D eigenvalue weighted by molar-refractivity contribution is -0.141. The Bertz CT molecular complexity index is 730. The molecule has 29 heavy (non-hydrogen) atoms. The molecule has 8 heteroatoms. The lowest BCUT2D eigenvalue weighted by Gasteiger charge is -2.37. The Labute approximate surface area is 168 Å². The normalized spacial score (nSPS) is 23.8. The van der Waals surface area contributed by atoms with Gasteiger partial charge < -0.3 is 10.6 Å². The van der Waals surface area contributed by atoms with Gasteiger partial charge in [-0.05, 0) is 43.7 Å². The molecule has 1 saturated heterocycles. The molecule has 5 nitrogen and oxygen atoms in total. The number of likely N-dealkylation sites (tertiary alicyclic amines) is 1. The minimum absolute atomic E-state index is 0.0597. The fourth-order valence-electron chi connectivity index (χ4n) is 4.39. The zero-order valence-electron chi connectivity index (χ0n) is 16.5. The highest BCUT2D eigenvalue weighted by atomic mass is 19.4. The second-order valence-electron chi connectivity index (χ2n) is 8.25. The van der Waals surface area contributed by atoms with E-state index in [1.54, 1.807) is 0 Å². The van der Waals surface area contributed by atoms with Gasteiger partial charge in [0, 0.05) is 37.7 Å². The molecule has 160 valence electrons. The predicted molar refractivity (Wildman–Crippen MR) is 102 cm³/mol. The molecule has 0 unspecified atom stereocenters. The van der Waals surface area contributed by atoms with Crippen LogP contribution in [0.3, 0.4) is 0 Å². The van der Waals surface area contributed by atoms with Crippen molar-refractivity contribution in [3.8, 4) is 0 Å². The third kappa shape index (κ3) is 5.78. The lowest BCUT2D eigenvalue weighted by atomic mass is 9.83. The van der Waals surface area contributed by atoms with Crippen molar-refractivity contribution >= 4 is 11.7 Å². The van der Waals surface area contributed by atoms with Crippen molar-refractivity contribution in [1.29, 1.82) is 0 Å². The van der Waals surface area contributed by atoms with Crippen LogP contribution in [0.25, 0.3) is 0 Å². The number of nitrogens with two attached hydrogens (primary N) is 1. The molecule has 1 aliphatic heterocycles. The molecule has 1 aliphatic carbocycles. The molecule has 2 N–H and O–H groups in total. The SMILES string of the molecule is N[C@H]1CCCC[C@@H]1C(=O)N1CCC(CC(=O)Cc2cccc(C(F)(F)F)n2)CC1. The topological polar surface area (TPSA) is 76.3 Å². The van der Waals surface area contributed by atoms with E-state index in [0.29, 0.717) is 19.5 Å². The van der Waals surface area contributed by atoms with Gasteiger partial charge in [0.25, 0.3) is 0 Å². The van der Waals surface area contributed by atoms with Gasteiger partial charge in [-0.25, -0.2) is 4.98 Å². The first-order valence-electron chi connectivity index (χ1n) is 10.3. The molecule has 2 aliphatic rings. The van der Waals surface area contributed by atoms with Gasteiger partial charge in [-0.3, -0.25) is 9.59 Å². The monoisotopic (exact) mass is 411 g/mol. The van der Waals surface area contributed by atoms with Crippen LogP contribution in [0, 0.1) is 11.8 Å².